The first kappa shape index (κ1) is 42.7. The van der Waals surface area contributed by atoms with Crippen molar-refractivity contribution in [3.05, 3.63) is 109 Å². The fourth-order valence-corrected chi connectivity index (χ4v) is 3.63. The molecule has 2 atom stereocenters. The van der Waals surface area contributed by atoms with Gasteiger partial charge in [-0.15, -0.1) is 0 Å². The van der Waals surface area contributed by atoms with Crippen molar-refractivity contribution in [2.24, 2.45) is 16.8 Å². The first-order chi connectivity index (χ1) is 19.8. The topological polar surface area (TPSA) is 70.7 Å². The average molecular weight is 587 g/mol. The van der Waals surface area contributed by atoms with Gasteiger partial charge in [-0.05, 0) is 51.2 Å². The number of benzene rings is 1. The molecule has 1 aromatic rings. The van der Waals surface area contributed by atoms with Gasteiger partial charge in [-0.3, -0.25) is 4.79 Å². The van der Waals surface area contributed by atoms with Gasteiger partial charge in [0, 0.05) is 20.1 Å². The first-order valence-electron chi connectivity index (χ1n) is 14.2. The summed E-state index contributed by atoms with van der Waals surface area (Å²) in [6, 6.07) is 8.46. The lowest BCUT2D eigenvalue weighted by Crippen LogP contribution is -2.52. The maximum Gasteiger partial charge on any atom is 0.267 e. The molecule has 42 heavy (non-hydrogen) atoms. The zero-order valence-electron chi connectivity index (χ0n) is 27.5. The van der Waals surface area contributed by atoms with Gasteiger partial charge in [0.25, 0.3) is 5.92 Å². The van der Waals surface area contributed by atoms with Crippen LogP contribution in [-0.2, 0) is 4.79 Å². The van der Waals surface area contributed by atoms with Crippen LogP contribution in [0, 0.1) is 5.92 Å². The van der Waals surface area contributed by atoms with Crippen molar-refractivity contribution in [3.8, 4) is 0 Å². The van der Waals surface area contributed by atoms with E-state index in [0.717, 1.165) is 24.5 Å². The summed E-state index contributed by atoms with van der Waals surface area (Å²) in [6.07, 6.45) is 10.8. The Morgan fingerprint density at radius 2 is 1.60 bits per heavy atom. The Labute approximate surface area is 255 Å². The Balaban J connectivity index is -0.000000612. The van der Waals surface area contributed by atoms with Gasteiger partial charge in [-0.2, -0.15) is 5.10 Å². The highest BCUT2D eigenvalue weighted by Gasteiger charge is 2.45. The van der Waals surface area contributed by atoms with Gasteiger partial charge < -0.3 is 11.1 Å². The van der Waals surface area contributed by atoms with Crippen molar-refractivity contribution in [2.45, 2.75) is 93.2 Å². The fourth-order valence-electron chi connectivity index (χ4n) is 3.63. The highest BCUT2D eigenvalue weighted by molar-refractivity contribution is 5.42. The number of nitrogens with zero attached hydrogens (tertiary/aromatic N) is 2. The van der Waals surface area contributed by atoms with E-state index in [1.54, 1.807) is 12.2 Å². The molecule has 1 aliphatic rings. The second-order valence-corrected chi connectivity index (χ2v) is 9.74. The molecule has 1 amide bonds. The normalized spacial score (nSPS) is 16.2. The van der Waals surface area contributed by atoms with E-state index in [-0.39, 0.29) is 18.9 Å². The highest BCUT2D eigenvalue weighted by Crippen LogP contribution is 2.37. The van der Waals surface area contributed by atoms with Crippen LogP contribution in [-0.4, -0.2) is 30.1 Å². The lowest BCUT2D eigenvalue weighted by atomic mass is 9.93. The summed E-state index contributed by atoms with van der Waals surface area (Å²) < 4.78 is 28.0. The van der Waals surface area contributed by atoms with E-state index in [1.165, 1.54) is 16.2 Å². The van der Waals surface area contributed by atoms with Crippen molar-refractivity contribution >= 4 is 13.1 Å². The molecule has 0 saturated carbocycles. The molecule has 1 heterocycles. The van der Waals surface area contributed by atoms with Crippen molar-refractivity contribution in [1.29, 1.82) is 0 Å². The number of halogens is 2. The average Bonchev–Trinajstić information content (AvgIpc) is 2.97. The smallest absolute Gasteiger partial charge is 0.267 e. The Morgan fingerprint density at radius 3 is 1.95 bits per heavy atom. The SMILES string of the molecule is C=C/C=C\C/C(C)=C(\C)C(C)C.C=CC=C.C=NN1C(=C(C)C)NC(c2ccccc2)CC1C(C)(F)F.CC.NC=O. The minimum atomic E-state index is -2.86. The summed E-state index contributed by atoms with van der Waals surface area (Å²) in [5.74, 6) is -1.59. The molecule has 1 fully saturated rings. The van der Waals surface area contributed by atoms with Crippen molar-refractivity contribution < 1.29 is 13.6 Å². The van der Waals surface area contributed by atoms with Crippen molar-refractivity contribution in [1.82, 2.24) is 10.3 Å². The summed E-state index contributed by atoms with van der Waals surface area (Å²) in [7, 11) is 0. The van der Waals surface area contributed by atoms with Crippen LogP contribution in [0.4, 0.5) is 8.78 Å². The molecule has 0 aliphatic carbocycles. The van der Waals surface area contributed by atoms with Gasteiger partial charge in [0.2, 0.25) is 6.41 Å². The number of carbonyl (C=O) groups is 1. The van der Waals surface area contributed by atoms with Crippen LogP contribution in [0.25, 0.3) is 0 Å². The van der Waals surface area contributed by atoms with Gasteiger partial charge in [0.15, 0.2) is 0 Å². The molecule has 5 nitrogen and oxygen atoms in total. The number of rotatable bonds is 8. The molecular weight excluding hydrogens is 530 g/mol. The van der Waals surface area contributed by atoms with Gasteiger partial charge in [0.1, 0.15) is 11.9 Å². The largest absolute Gasteiger partial charge is 0.372 e. The highest BCUT2D eigenvalue weighted by atomic mass is 19.3. The monoisotopic (exact) mass is 586 g/mol. The van der Waals surface area contributed by atoms with Gasteiger partial charge >= 0.3 is 0 Å². The first-order valence-corrected chi connectivity index (χ1v) is 14.2. The number of allylic oxidation sites excluding steroid dienone is 8. The van der Waals surface area contributed by atoms with Crippen LogP contribution >= 0.6 is 0 Å². The summed E-state index contributed by atoms with van der Waals surface area (Å²) in [5.41, 5.74) is 9.04. The van der Waals surface area contributed by atoms with Crippen molar-refractivity contribution in [3.63, 3.8) is 0 Å². The second-order valence-electron chi connectivity index (χ2n) is 9.74. The van der Waals surface area contributed by atoms with Gasteiger partial charge in [-0.25, -0.2) is 13.8 Å². The van der Waals surface area contributed by atoms with E-state index in [2.05, 4.69) is 76.4 Å². The third kappa shape index (κ3) is 17.8. The fraction of sp³-hybridized carbons (Fsp3) is 0.429. The van der Waals surface area contributed by atoms with Gasteiger partial charge in [-0.1, -0.05) is 119 Å². The number of amides is 1. The number of hydrogen-bond donors (Lipinski definition) is 2. The molecule has 0 bridgehead atoms. The number of nitrogens with one attached hydrogen (secondary N) is 1. The van der Waals surface area contributed by atoms with E-state index in [9.17, 15) is 8.78 Å². The predicted molar refractivity (Wildman–Crippen MR) is 180 cm³/mol. The lowest BCUT2D eigenvalue weighted by Gasteiger charge is -2.43. The second kappa shape index (κ2) is 25.0. The molecule has 7 heteroatoms. The number of carbonyl (C=O) groups excluding carboxylic acids is 1. The minimum absolute atomic E-state index is 0.162. The van der Waals surface area contributed by atoms with E-state index in [4.69, 9.17) is 4.79 Å². The third-order valence-electron chi connectivity index (χ3n) is 6.11. The predicted octanol–water partition coefficient (Wildman–Crippen LogP) is 9.51. The third-order valence-corrected chi connectivity index (χ3v) is 6.11. The zero-order valence-corrected chi connectivity index (χ0v) is 27.5. The van der Waals surface area contributed by atoms with Crippen LogP contribution in [0.3, 0.4) is 0 Å². The van der Waals surface area contributed by atoms with Gasteiger partial charge in [0.05, 0.1) is 6.04 Å². The van der Waals surface area contributed by atoms with E-state index in [0.29, 0.717) is 11.7 Å². The maximum absolute atomic E-state index is 14.0. The molecule has 1 saturated heterocycles. The molecule has 2 rings (SSSR count). The molecule has 3 N–H and O–H groups in total. The molecular formula is C35H56F2N4O. The van der Waals surface area contributed by atoms with Crippen LogP contribution in [0.15, 0.2) is 108 Å². The Kier molecular flexibility index (Phi) is 25.4. The lowest BCUT2D eigenvalue weighted by molar-refractivity contribution is -0.106. The Morgan fingerprint density at radius 1 is 1.10 bits per heavy atom. The Hall–Kier alpha value is -3.74. The van der Waals surface area contributed by atoms with Crippen molar-refractivity contribution in [2.75, 3.05) is 0 Å². The Bertz CT molecular complexity index is 996. The maximum atomic E-state index is 14.0. The summed E-state index contributed by atoms with van der Waals surface area (Å²) in [6.45, 7) is 31.4. The molecule has 236 valence electrons. The standard InChI is InChI=1S/C16H21F2N3.C12H20.C4H6.C2H6.CH3NO/c1-11(2)15-20-13(12-8-6-5-7-9-12)10-14(16(3,17)18)21(15)19-4;1-6-7-8-9-11(4)12(5)10(2)3;1-3-4-2;1-2;2-1-3/h5-9,13-14,20H,4,10H2,1-3H3;6-8,10H,1,9H2,2-5H3;3-4H,1-2H2;1-2H3;1H,(H2,2,3)/b;8-7-,12-11+;;;. The molecule has 0 aromatic heterocycles. The number of primary amides is 1. The molecule has 1 aromatic carbocycles. The number of nitrogens with two attached hydrogens (primary N) is 1. The number of alkyl halides is 2. The summed E-state index contributed by atoms with van der Waals surface area (Å²) >= 11 is 0. The summed E-state index contributed by atoms with van der Waals surface area (Å²) in [5, 5.41) is 8.43. The van der Waals surface area contributed by atoms with E-state index >= 15 is 0 Å². The molecule has 0 spiro atoms. The van der Waals surface area contributed by atoms with Crippen LogP contribution < -0.4 is 11.1 Å². The summed E-state index contributed by atoms with van der Waals surface area (Å²) in [4.78, 5) is 8.58. The number of hydrogen-bond acceptors (Lipinski definition) is 4. The molecule has 0 radical (unpaired) electrons. The number of hydrazone groups is 1. The van der Waals surface area contributed by atoms with E-state index < -0.39 is 12.0 Å². The van der Waals surface area contributed by atoms with E-state index in [1.807, 2.05) is 70.2 Å². The molecule has 1 aliphatic heterocycles. The molecule has 2 unspecified atom stereocenters. The zero-order chi connectivity index (χ0) is 33.3. The van der Waals surface area contributed by atoms with Crippen LogP contribution in [0.2, 0.25) is 0 Å². The quantitative estimate of drug-likeness (QED) is 0.138. The minimum Gasteiger partial charge on any atom is -0.372 e. The van der Waals surface area contributed by atoms with Crippen LogP contribution in [0.5, 0.6) is 0 Å². The van der Waals surface area contributed by atoms with Crippen LogP contribution in [0.1, 0.15) is 86.8 Å².